The van der Waals surface area contributed by atoms with Crippen molar-refractivity contribution < 1.29 is 13.2 Å². The predicted octanol–water partition coefficient (Wildman–Crippen LogP) is 1.63. The number of fused-ring (bicyclic) bond motifs is 1. The molecule has 0 saturated carbocycles. The largest absolute Gasteiger partial charge is 0.339 e. The van der Waals surface area contributed by atoms with Crippen LogP contribution in [0.1, 0.15) is 6.42 Å². The van der Waals surface area contributed by atoms with Crippen LogP contribution in [0.15, 0.2) is 30.5 Å². The Morgan fingerprint density at radius 3 is 2.62 bits per heavy atom. The van der Waals surface area contributed by atoms with E-state index in [2.05, 4.69) is 4.90 Å². The van der Waals surface area contributed by atoms with E-state index in [9.17, 15) is 13.2 Å². The molecule has 2 aliphatic rings. The standard InChI is InChI=1S/C18H22ClN3O3S/c19-16-2-1-3-17-15(16)4-6-22(17)12-18(23)21-9-7-20(8-10-21)14-5-11-26(24,25)13-14/h1-4,6,14H,5,7-13H2/t14-/m0/s1. The van der Waals surface area contributed by atoms with Gasteiger partial charge in [0.2, 0.25) is 5.91 Å². The van der Waals surface area contributed by atoms with Crippen molar-refractivity contribution in [2.75, 3.05) is 37.7 Å². The van der Waals surface area contributed by atoms with E-state index < -0.39 is 9.84 Å². The van der Waals surface area contributed by atoms with E-state index in [0.29, 0.717) is 36.8 Å². The molecule has 1 amide bonds. The van der Waals surface area contributed by atoms with Crippen molar-refractivity contribution in [3.8, 4) is 0 Å². The van der Waals surface area contributed by atoms with Crippen LogP contribution in [-0.2, 0) is 21.2 Å². The molecule has 8 heteroatoms. The van der Waals surface area contributed by atoms with Gasteiger partial charge in [0.15, 0.2) is 9.84 Å². The SMILES string of the molecule is O=C(Cn1ccc2c(Cl)cccc21)N1CCN([C@H]2CCS(=O)(=O)C2)CC1. The van der Waals surface area contributed by atoms with Crippen molar-refractivity contribution in [3.63, 3.8) is 0 Å². The smallest absolute Gasteiger partial charge is 0.242 e. The number of hydrogen-bond donors (Lipinski definition) is 0. The molecular formula is C18H22ClN3O3S. The van der Waals surface area contributed by atoms with Crippen LogP contribution in [0.2, 0.25) is 5.02 Å². The zero-order valence-electron chi connectivity index (χ0n) is 14.5. The van der Waals surface area contributed by atoms with E-state index in [1.54, 1.807) is 0 Å². The van der Waals surface area contributed by atoms with E-state index in [-0.39, 0.29) is 17.7 Å². The minimum atomic E-state index is -2.87. The highest BCUT2D eigenvalue weighted by atomic mass is 35.5. The molecule has 0 spiro atoms. The molecule has 3 heterocycles. The van der Waals surface area contributed by atoms with Gasteiger partial charge in [-0.3, -0.25) is 9.69 Å². The van der Waals surface area contributed by atoms with Gasteiger partial charge in [0, 0.05) is 54.3 Å². The fourth-order valence-electron chi connectivity index (χ4n) is 3.97. The van der Waals surface area contributed by atoms with Crippen LogP contribution >= 0.6 is 11.6 Å². The summed E-state index contributed by atoms with van der Waals surface area (Å²) in [6, 6.07) is 7.75. The summed E-state index contributed by atoms with van der Waals surface area (Å²) in [6.45, 7) is 3.07. The van der Waals surface area contributed by atoms with E-state index in [1.165, 1.54) is 0 Å². The van der Waals surface area contributed by atoms with Crippen LogP contribution in [0.5, 0.6) is 0 Å². The lowest BCUT2D eigenvalue weighted by atomic mass is 10.2. The highest BCUT2D eigenvalue weighted by Crippen LogP contribution is 2.24. The maximum Gasteiger partial charge on any atom is 0.242 e. The molecule has 0 radical (unpaired) electrons. The highest BCUT2D eigenvalue weighted by Gasteiger charge is 2.34. The fourth-order valence-corrected chi connectivity index (χ4v) is 5.96. The Kier molecular flexibility index (Phi) is 4.71. The van der Waals surface area contributed by atoms with Gasteiger partial charge in [0.1, 0.15) is 6.54 Å². The summed E-state index contributed by atoms with van der Waals surface area (Å²) >= 11 is 6.20. The van der Waals surface area contributed by atoms with Gasteiger partial charge in [0.25, 0.3) is 0 Å². The molecule has 0 N–H and O–H groups in total. The average Bonchev–Trinajstić information content (AvgIpc) is 3.19. The second kappa shape index (κ2) is 6.87. The Labute approximate surface area is 158 Å². The van der Waals surface area contributed by atoms with Crippen molar-refractivity contribution in [2.45, 2.75) is 19.0 Å². The fraction of sp³-hybridized carbons (Fsp3) is 0.500. The van der Waals surface area contributed by atoms with E-state index in [0.717, 1.165) is 24.0 Å². The first-order valence-corrected chi connectivity index (χ1v) is 11.1. The monoisotopic (exact) mass is 395 g/mol. The number of halogens is 1. The summed E-state index contributed by atoms with van der Waals surface area (Å²) in [7, 11) is -2.87. The number of benzene rings is 1. The Morgan fingerprint density at radius 2 is 1.92 bits per heavy atom. The first-order chi connectivity index (χ1) is 12.4. The van der Waals surface area contributed by atoms with Crippen molar-refractivity contribution in [1.82, 2.24) is 14.4 Å². The molecule has 2 aliphatic heterocycles. The molecule has 2 fully saturated rings. The normalized spacial score (nSPS) is 23.6. The Hall–Kier alpha value is -1.57. The summed E-state index contributed by atoms with van der Waals surface area (Å²) in [4.78, 5) is 16.8. The highest BCUT2D eigenvalue weighted by molar-refractivity contribution is 7.91. The molecule has 1 aromatic heterocycles. The van der Waals surface area contributed by atoms with Crippen LogP contribution in [0.3, 0.4) is 0 Å². The number of nitrogens with zero attached hydrogens (tertiary/aromatic N) is 3. The molecule has 6 nitrogen and oxygen atoms in total. The molecule has 1 atom stereocenters. The van der Waals surface area contributed by atoms with Gasteiger partial charge in [-0.05, 0) is 24.6 Å². The lowest BCUT2D eigenvalue weighted by molar-refractivity contribution is -0.133. The van der Waals surface area contributed by atoms with Crippen LogP contribution in [0, 0.1) is 0 Å². The molecule has 0 aliphatic carbocycles. The number of carbonyl (C=O) groups excluding carboxylic acids is 1. The topological polar surface area (TPSA) is 62.6 Å². The van der Waals surface area contributed by atoms with E-state index in [1.807, 2.05) is 39.9 Å². The third kappa shape index (κ3) is 3.48. The molecule has 140 valence electrons. The lowest BCUT2D eigenvalue weighted by Crippen LogP contribution is -2.52. The van der Waals surface area contributed by atoms with Crippen LogP contribution in [-0.4, -0.2) is 72.4 Å². The Bertz CT molecular complexity index is 932. The lowest BCUT2D eigenvalue weighted by Gasteiger charge is -2.37. The number of hydrogen-bond acceptors (Lipinski definition) is 4. The second-order valence-electron chi connectivity index (χ2n) is 7.09. The first kappa shape index (κ1) is 17.8. The molecule has 2 saturated heterocycles. The number of sulfone groups is 1. The van der Waals surface area contributed by atoms with Crippen molar-refractivity contribution in [3.05, 3.63) is 35.5 Å². The average molecular weight is 396 g/mol. The third-order valence-electron chi connectivity index (χ3n) is 5.46. The summed E-state index contributed by atoms with van der Waals surface area (Å²) in [5, 5.41) is 1.64. The zero-order valence-corrected chi connectivity index (χ0v) is 16.0. The number of carbonyl (C=O) groups is 1. The predicted molar refractivity (Wildman–Crippen MR) is 102 cm³/mol. The summed E-state index contributed by atoms with van der Waals surface area (Å²) in [6.07, 6.45) is 2.61. The number of rotatable bonds is 3. The van der Waals surface area contributed by atoms with Gasteiger partial charge in [-0.1, -0.05) is 17.7 Å². The maximum absolute atomic E-state index is 12.7. The second-order valence-corrected chi connectivity index (χ2v) is 9.73. The molecule has 2 aromatic rings. The Morgan fingerprint density at radius 1 is 1.15 bits per heavy atom. The minimum Gasteiger partial charge on any atom is -0.339 e. The molecular weight excluding hydrogens is 374 g/mol. The van der Waals surface area contributed by atoms with Gasteiger partial charge in [-0.2, -0.15) is 0 Å². The van der Waals surface area contributed by atoms with E-state index >= 15 is 0 Å². The summed E-state index contributed by atoms with van der Waals surface area (Å²) in [5.74, 6) is 0.637. The molecule has 26 heavy (non-hydrogen) atoms. The van der Waals surface area contributed by atoms with Gasteiger partial charge in [0.05, 0.1) is 11.5 Å². The molecule has 4 rings (SSSR count). The summed E-state index contributed by atoms with van der Waals surface area (Å²) < 4.78 is 25.3. The molecule has 1 aromatic carbocycles. The van der Waals surface area contributed by atoms with E-state index in [4.69, 9.17) is 11.6 Å². The van der Waals surface area contributed by atoms with Crippen molar-refractivity contribution in [2.24, 2.45) is 0 Å². The zero-order chi connectivity index (χ0) is 18.3. The number of piperazine rings is 1. The van der Waals surface area contributed by atoms with Crippen LogP contribution in [0.25, 0.3) is 10.9 Å². The van der Waals surface area contributed by atoms with Crippen LogP contribution < -0.4 is 0 Å². The quantitative estimate of drug-likeness (QED) is 0.792. The number of amides is 1. The molecule has 0 unspecified atom stereocenters. The van der Waals surface area contributed by atoms with Crippen molar-refractivity contribution in [1.29, 1.82) is 0 Å². The maximum atomic E-state index is 12.7. The Balaban J connectivity index is 1.37. The van der Waals surface area contributed by atoms with Gasteiger partial charge in [-0.15, -0.1) is 0 Å². The van der Waals surface area contributed by atoms with Gasteiger partial charge < -0.3 is 9.47 Å². The third-order valence-corrected chi connectivity index (χ3v) is 7.54. The van der Waals surface area contributed by atoms with Crippen molar-refractivity contribution >= 4 is 38.2 Å². The number of aromatic nitrogens is 1. The summed E-state index contributed by atoms with van der Waals surface area (Å²) in [5.41, 5.74) is 0.959. The minimum absolute atomic E-state index is 0.0844. The first-order valence-electron chi connectivity index (χ1n) is 8.88. The van der Waals surface area contributed by atoms with Crippen LogP contribution in [0.4, 0.5) is 0 Å². The van der Waals surface area contributed by atoms with Gasteiger partial charge in [-0.25, -0.2) is 8.42 Å². The van der Waals surface area contributed by atoms with Gasteiger partial charge >= 0.3 is 0 Å². The molecule has 0 bridgehead atoms.